The van der Waals surface area contributed by atoms with Crippen molar-refractivity contribution in [2.75, 3.05) is 27.3 Å². The first-order valence-electron chi connectivity index (χ1n) is 10.7. The molecule has 3 atom stereocenters. The summed E-state index contributed by atoms with van der Waals surface area (Å²) in [5.74, 6) is -2.05. The molecular formula is C23H33FN2O6. The Morgan fingerprint density at radius 2 is 1.94 bits per heavy atom. The van der Waals surface area contributed by atoms with Crippen LogP contribution in [-0.4, -0.2) is 67.7 Å². The minimum Gasteiger partial charge on any atom is -0.497 e. The van der Waals surface area contributed by atoms with Crippen LogP contribution in [0.2, 0.25) is 0 Å². The molecule has 1 aliphatic rings. The van der Waals surface area contributed by atoms with Gasteiger partial charge in [0.15, 0.2) is 5.78 Å². The second kappa shape index (κ2) is 10.8. The molecule has 3 unspecified atom stereocenters. The van der Waals surface area contributed by atoms with Crippen LogP contribution in [0.5, 0.6) is 5.75 Å². The average molecular weight is 453 g/mol. The molecule has 1 saturated heterocycles. The van der Waals surface area contributed by atoms with Gasteiger partial charge < -0.3 is 24.4 Å². The first kappa shape index (κ1) is 25.6. The van der Waals surface area contributed by atoms with Gasteiger partial charge in [0.05, 0.1) is 37.3 Å². The molecule has 2 rings (SSSR count). The summed E-state index contributed by atoms with van der Waals surface area (Å²) < 4.78 is 30.1. The van der Waals surface area contributed by atoms with Crippen molar-refractivity contribution in [3.8, 4) is 5.75 Å². The number of methoxy groups -OCH3 is 2. The number of hydrogen-bond acceptors (Lipinski definition) is 6. The Bertz CT molecular complexity index is 838. The summed E-state index contributed by atoms with van der Waals surface area (Å²) >= 11 is 0. The van der Waals surface area contributed by atoms with Gasteiger partial charge in [-0.3, -0.25) is 9.59 Å². The maximum absolute atomic E-state index is 14.1. The zero-order valence-corrected chi connectivity index (χ0v) is 19.6. The number of carbonyl (C=O) groups excluding carboxylic acids is 3. The molecule has 1 aromatic carbocycles. The molecule has 9 heteroatoms. The summed E-state index contributed by atoms with van der Waals surface area (Å²) in [7, 11) is 2.89. The SMILES string of the molecule is COc1ccc(C(=O)CNC(=O)C(C)C(OC)C2CCCN2C(=O)OC(C)(C)C)c(F)c1. The van der Waals surface area contributed by atoms with Crippen LogP contribution in [-0.2, 0) is 14.3 Å². The number of amides is 2. The molecule has 8 nitrogen and oxygen atoms in total. The molecule has 1 heterocycles. The molecule has 0 radical (unpaired) electrons. The third-order valence-corrected chi connectivity index (χ3v) is 5.38. The number of halogens is 1. The third-order valence-electron chi connectivity index (χ3n) is 5.38. The molecule has 0 aliphatic carbocycles. The van der Waals surface area contributed by atoms with Gasteiger partial charge in [-0.05, 0) is 45.7 Å². The first-order valence-corrected chi connectivity index (χ1v) is 10.7. The molecule has 0 bridgehead atoms. The predicted octanol–water partition coefficient (Wildman–Crippen LogP) is 3.18. The Hall–Kier alpha value is -2.68. The van der Waals surface area contributed by atoms with E-state index < -0.39 is 41.2 Å². The fourth-order valence-corrected chi connectivity index (χ4v) is 3.80. The van der Waals surface area contributed by atoms with E-state index in [1.165, 1.54) is 26.4 Å². The lowest BCUT2D eigenvalue weighted by Gasteiger charge is -2.34. The number of rotatable bonds is 8. The van der Waals surface area contributed by atoms with Crippen LogP contribution in [0.15, 0.2) is 18.2 Å². The number of benzene rings is 1. The van der Waals surface area contributed by atoms with Gasteiger partial charge in [0.2, 0.25) is 5.91 Å². The number of hydrogen-bond donors (Lipinski definition) is 1. The molecule has 0 spiro atoms. The highest BCUT2D eigenvalue weighted by Gasteiger charge is 2.41. The van der Waals surface area contributed by atoms with E-state index >= 15 is 0 Å². The average Bonchev–Trinajstić information content (AvgIpc) is 3.20. The smallest absolute Gasteiger partial charge is 0.410 e. The molecule has 1 N–H and O–H groups in total. The third kappa shape index (κ3) is 6.41. The summed E-state index contributed by atoms with van der Waals surface area (Å²) in [5, 5.41) is 2.56. The van der Waals surface area contributed by atoms with Crippen molar-refractivity contribution in [2.24, 2.45) is 5.92 Å². The largest absolute Gasteiger partial charge is 0.497 e. The van der Waals surface area contributed by atoms with Crippen LogP contribution in [0.1, 0.15) is 50.9 Å². The molecule has 178 valence electrons. The highest BCUT2D eigenvalue weighted by Crippen LogP contribution is 2.28. The van der Waals surface area contributed by atoms with Crippen molar-refractivity contribution in [3.63, 3.8) is 0 Å². The Kier molecular flexibility index (Phi) is 8.60. The molecule has 1 aliphatic heterocycles. The second-order valence-corrected chi connectivity index (χ2v) is 8.86. The summed E-state index contributed by atoms with van der Waals surface area (Å²) in [6, 6.07) is 3.59. The Morgan fingerprint density at radius 1 is 1.25 bits per heavy atom. The molecule has 0 saturated carbocycles. The van der Waals surface area contributed by atoms with Gasteiger partial charge in [0.25, 0.3) is 0 Å². The van der Waals surface area contributed by atoms with Gasteiger partial charge >= 0.3 is 6.09 Å². The van der Waals surface area contributed by atoms with Gasteiger partial charge in [-0.15, -0.1) is 0 Å². The van der Waals surface area contributed by atoms with Crippen molar-refractivity contribution in [3.05, 3.63) is 29.6 Å². The number of likely N-dealkylation sites (tertiary alicyclic amines) is 1. The van der Waals surface area contributed by atoms with E-state index in [9.17, 15) is 18.8 Å². The van der Waals surface area contributed by atoms with Crippen LogP contribution < -0.4 is 10.1 Å². The maximum Gasteiger partial charge on any atom is 0.410 e. The van der Waals surface area contributed by atoms with Gasteiger partial charge in [-0.25, -0.2) is 9.18 Å². The Morgan fingerprint density at radius 3 is 2.50 bits per heavy atom. The highest BCUT2D eigenvalue weighted by atomic mass is 19.1. The fraction of sp³-hybridized carbons (Fsp3) is 0.609. The standard InChI is InChI=1S/C23H33FN2O6/c1-14(20(31-6)18-8-7-11-26(18)22(29)32-23(2,3)4)21(28)25-13-19(27)16-10-9-15(30-5)12-17(16)24/h9-10,12,14,18,20H,7-8,11,13H2,1-6H3,(H,25,28). The zero-order chi connectivity index (χ0) is 24.1. The number of nitrogens with one attached hydrogen (secondary N) is 1. The Balaban J connectivity index is 2.01. The number of Topliss-reactive ketones (excluding diaryl/α,β-unsaturated/α-hetero) is 1. The number of ether oxygens (including phenoxy) is 3. The van der Waals surface area contributed by atoms with Gasteiger partial charge in [-0.2, -0.15) is 0 Å². The summed E-state index contributed by atoms with van der Waals surface area (Å²) in [6.45, 7) is 7.22. The summed E-state index contributed by atoms with van der Waals surface area (Å²) in [5.41, 5.74) is -0.763. The van der Waals surface area contributed by atoms with Gasteiger partial charge in [0.1, 0.15) is 17.2 Å². The topological polar surface area (TPSA) is 94.2 Å². The monoisotopic (exact) mass is 452 g/mol. The molecular weight excluding hydrogens is 419 g/mol. The number of nitrogens with zero attached hydrogens (tertiary/aromatic N) is 1. The van der Waals surface area contributed by atoms with Crippen molar-refractivity contribution in [1.82, 2.24) is 10.2 Å². The van der Waals surface area contributed by atoms with Crippen molar-refractivity contribution in [2.45, 2.75) is 58.3 Å². The molecule has 1 aromatic rings. The van der Waals surface area contributed by atoms with Crippen molar-refractivity contribution >= 4 is 17.8 Å². The van der Waals surface area contributed by atoms with Crippen molar-refractivity contribution in [1.29, 1.82) is 0 Å². The predicted molar refractivity (Wildman–Crippen MR) is 116 cm³/mol. The lowest BCUT2D eigenvalue weighted by atomic mass is 9.95. The van der Waals surface area contributed by atoms with Gasteiger partial charge in [0, 0.05) is 19.7 Å². The van der Waals surface area contributed by atoms with Crippen LogP contribution in [0.25, 0.3) is 0 Å². The summed E-state index contributed by atoms with van der Waals surface area (Å²) in [6.07, 6.45) is 0.413. The van der Waals surface area contributed by atoms with Crippen molar-refractivity contribution < 1.29 is 33.0 Å². The lowest BCUT2D eigenvalue weighted by molar-refractivity contribution is -0.130. The van der Waals surface area contributed by atoms with E-state index in [1.54, 1.807) is 32.6 Å². The van der Waals surface area contributed by atoms with E-state index in [1.807, 2.05) is 0 Å². The minimum absolute atomic E-state index is 0.131. The van der Waals surface area contributed by atoms with E-state index in [-0.39, 0.29) is 18.2 Å². The molecule has 32 heavy (non-hydrogen) atoms. The van der Waals surface area contributed by atoms with E-state index in [0.717, 1.165) is 12.5 Å². The van der Waals surface area contributed by atoms with Gasteiger partial charge in [-0.1, -0.05) is 6.92 Å². The highest BCUT2D eigenvalue weighted by molar-refractivity contribution is 5.99. The van der Waals surface area contributed by atoms with Crippen LogP contribution in [0.4, 0.5) is 9.18 Å². The lowest BCUT2D eigenvalue weighted by Crippen LogP contribution is -2.51. The summed E-state index contributed by atoms with van der Waals surface area (Å²) in [4.78, 5) is 39.3. The van der Waals surface area contributed by atoms with Crippen LogP contribution in [0, 0.1) is 11.7 Å². The molecule has 0 aromatic heterocycles. The van der Waals surface area contributed by atoms with Crippen LogP contribution in [0.3, 0.4) is 0 Å². The van der Waals surface area contributed by atoms with E-state index in [2.05, 4.69) is 5.32 Å². The minimum atomic E-state index is -0.717. The van der Waals surface area contributed by atoms with E-state index in [4.69, 9.17) is 14.2 Å². The van der Waals surface area contributed by atoms with Crippen LogP contribution >= 0.6 is 0 Å². The number of ketones is 1. The maximum atomic E-state index is 14.1. The first-order chi connectivity index (χ1) is 15.0. The zero-order valence-electron chi connectivity index (χ0n) is 19.6. The molecule has 1 fully saturated rings. The second-order valence-electron chi connectivity index (χ2n) is 8.86. The Labute approximate surface area is 188 Å². The quantitative estimate of drug-likeness (QED) is 0.609. The fourth-order valence-electron chi connectivity index (χ4n) is 3.80. The normalized spacial score (nSPS) is 18.1. The number of carbonyl (C=O) groups is 3. The molecule has 2 amide bonds. The van der Waals surface area contributed by atoms with E-state index in [0.29, 0.717) is 18.7 Å².